The summed E-state index contributed by atoms with van der Waals surface area (Å²) in [7, 11) is 0. The molecular formula is C18H30N2O. The van der Waals surface area contributed by atoms with Gasteiger partial charge in [0.05, 0.1) is 12.8 Å². The Balaban J connectivity index is 0.000000921. The van der Waals surface area contributed by atoms with Crippen molar-refractivity contribution in [3.05, 3.63) is 36.3 Å². The number of pyridine rings is 1. The Hall–Kier alpha value is -1.64. The van der Waals surface area contributed by atoms with Gasteiger partial charge < -0.3 is 4.74 Å². The van der Waals surface area contributed by atoms with Gasteiger partial charge in [-0.05, 0) is 37.8 Å². The largest absolute Gasteiger partial charge is 0.492 e. The highest BCUT2D eigenvalue weighted by atomic mass is 16.5. The summed E-state index contributed by atoms with van der Waals surface area (Å²) in [5, 5.41) is 0. The molecule has 1 aliphatic rings. The SMILES string of the molecule is CC.CC.Cc1cncc(OCCCCC2=NC=CC2)c1. The smallest absolute Gasteiger partial charge is 0.137 e. The molecule has 0 aromatic carbocycles. The van der Waals surface area contributed by atoms with E-state index in [1.807, 2.05) is 53.1 Å². The highest BCUT2D eigenvalue weighted by molar-refractivity contribution is 5.87. The normalized spacial score (nSPS) is 11.8. The Bertz CT molecular complexity index is 425. The molecule has 0 spiro atoms. The maximum absolute atomic E-state index is 5.63. The number of aryl methyl sites for hydroxylation is 1. The van der Waals surface area contributed by atoms with Crippen molar-refractivity contribution in [3.63, 3.8) is 0 Å². The van der Waals surface area contributed by atoms with Crippen molar-refractivity contribution in [1.29, 1.82) is 0 Å². The van der Waals surface area contributed by atoms with Gasteiger partial charge in [0, 0.05) is 24.5 Å². The first-order valence-electron chi connectivity index (χ1n) is 8.09. The number of allylic oxidation sites excluding steroid dienone is 1. The number of rotatable bonds is 6. The predicted molar refractivity (Wildman–Crippen MR) is 92.2 cm³/mol. The lowest BCUT2D eigenvalue weighted by atomic mass is 10.1. The molecule has 1 aliphatic heterocycles. The van der Waals surface area contributed by atoms with Crippen LogP contribution in [-0.4, -0.2) is 17.3 Å². The Morgan fingerprint density at radius 2 is 1.86 bits per heavy atom. The van der Waals surface area contributed by atoms with Gasteiger partial charge in [0.2, 0.25) is 0 Å². The molecule has 1 aromatic heterocycles. The van der Waals surface area contributed by atoms with E-state index in [-0.39, 0.29) is 0 Å². The Morgan fingerprint density at radius 3 is 2.48 bits per heavy atom. The zero-order chi connectivity index (χ0) is 15.9. The topological polar surface area (TPSA) is 34.5 Å². The summed E-state index contributed by atoms with van der Waals surface area (Å²) in [5.74, 6) is 0.866. The summed E-state index contributed by atoms with van der Waals surface area (Å²) < 4.78 is 5.63. The van der Waals surface area contributed by atoms with Crippen LogP contribution in [0.25, 0.3) is 0 Å². The third kappa shape index (κ3) is 9.01. The molecule has 118 valence electrons. The molecule has 0 atom stereocenters. The van der Waals surface area contributed by atoms with Crippen LogP contribution < -0.4 is 4.74 Å². The van der Waals surface area contributed by atoms with Gasteiger partial charge in [-0.3, -0.25) is 9.98 Å². The zero-order valence-electron chi connectivity index (χ0n) is 14.2. The van der Waals surface area contributed by atoms with Gasteiger partial charge in [-0.2, -0.15) is 0 Å². The number of unbranched alkanes of at least 4 members (excludes halogenated alkanes) is 1. The molecule has 0 fully saturated rings. The number of ether oxygens (including phenoxy) is 1. The lowest BCUT2D eigenvalue weighted by Crippen LogP contribution is -2.00. The fraction of sp³-hybridized carbons (Fsp3) is 0.556. The van der Waals surface area contributed by atoms with Crippen molar-refractivity contribution in [3.8, 4) is 5.75 Å². The average Bonchev–Trinajstić information content (AvgIpc) is 3.04. The van der Waals surface area contributed by atoms with Crippen LogP contribution in [0.15, 0.2) is 35.7 Å². The van der Waals surface area contributed by atoms with Crippen LogP contribution in [0.4, 0.5) is 0 Å². The Morgan fingerprint density at radius 1 is 1.10 bits per heavy atom. The van der Waals surface area contributed by atoms with Crippen LogP contribution in [0, 0.1) is 6.92 Å². The molecule has 0 saturated heterocycles. The van der Waals surface area contributed by atoms with Crippen LogP contribution in [0.3, 0.4) is 0 Å². The lowest BCUT2D eigenvalue weighted by Gasteiger charge is -2.06. The van der Waals surface area contributed by atoms with Gasteiger partial charge in [-0.15, -0.1) is 0 Å². The molecule has 3 nitrogen and oxygen atoms in total. The molecule has 3 heteroatoms. The first-order valence-corrected chi connectivity index (χ1v) is 8.09. The van der Waals surface area contributed by atoms with Crippen molar-refractivity contribution in [1.82, 2.24) is 4.98 Å². The van der Waals surface area contributed by atoms with Crippen LogP contribution >= 0.6 is 0 Å². The van der Waals surface area contributed by atoms with E-state index in [1.54, 1.807) is 6.20 Å². The molecule has 0 aliphatic carbocycles. The third-order valence-electron chi connectivity index (χ3n) is 2.69. The monoisotopic (exact) mass is 290 g/mol. The van der Waals surface area contributed by atoms with E-state index < -0.39 is 0 Å². The molecular weight excluding hydrogens is 260 g/mol. The van der Waals surface area contributed by atoms with Gasteiger partial charge in [0.25, 0.3) is 0 Å². The number of aliphatic imine (C=N–C) groups is 1. The van der Waals surface area contributed by atoms with Crippen molar-refractivity contribution in [2.75, 3.05) is 6.61 Å². The van der Waals surface area contributed by atoms with Crippen LogP contribution in [-0.2, 0) is 0 Å². The van der Waals surface area contributed by atoms with Crippen molar-refractivity contribution in [2.45, 2.75) is 60.3 Å². The summed E-state index contributed by atoms with van der Waals surface area (Å²) in [4.78, 5) is 8.38. The van der Waals surface area contributed by atoms with Gasteiger partial charge in [-0.1, -0.05) is 33.8 Å². The number of hydrogen-bond acceptors (Lipinski definition) is 3. The van der Waals surface area contributed by atoms with Crippen molar-refractivity contribution >= 4 is 5.71 Å². The van der Waals surface area contributed by atoms with Crippen molar-refractivity contribution in [2.24, 2.45) is 4.99 Å². The van der Waals surface area contributed by atoms with E-state index in [1.165, 1.54) is 5.71 Å². The van der Waals surface area contributed by atoms with E-state index >= 15 is 0 Å². The number of hydrogen-bond donors (Lipinski definition) is 0. The fourth-order valence-electron chi connectivity index (χ4n) is 1.79. The molecule has 0 saturated carbocycles. The summed E-state index contributed by atoms with van der Waals surface area (Å²) in [6, 6.07) is 2.01. The van der Waals surface area contributed by atoms with E-state index in [2.05, 4.69) is 16.1 Å². The fourth-order valence-corrected chi connectivity index (χ4v) is 1.79. The maximum Gasteiger partial charge on any atom is 0.137 e. The van der Waals surface area contributed by atoms with Crippen molar-refractivity contribution < 1.29 is 4.74 Å². The van der Waals surface area contributed by atoms with Gasteiger partial charge in [0.15, 0.2) is 0 Å². The second-order valence-corrected chi connectivity index (χ2v) is 4.29. The highest BCUT2D eigenvalue weighted by Gasteiger charge is 2.01. The zero-order valence-corrected chi connectivity index (χ0v) is 14.2. The number of aromatic nitrogens is 1. The summed E-state index contributed by atoms with van der Waals surface area (Å²) in [6.07, 6.45) is 11.9. The van der Waals surface area contributed by atoms with Crippen LogP contribution in [0.5, 0.6) is 5.75 Å². The maximum atomic E-state index is 5.63. The first-order chi connectivity index (χ1) is 10.3. The number of nitrogens with zero attached hydrogens (tertiary/aromatic N) is 2. The molecule has 2 rings (SSSR count). The second kappa shape index (κ2) is 13.3. The molecule has 1 aromatic rings. The average molecular weight is 290 g/mol. The second-order valence-electron chi connectivity index (χ2n) is 4.29. The summed E-state index contributed by atoms with van der Waals surface area (Å²) >= 11 is 0. The molecule has 0 bridgehead atoms. The predicted octanol–water partition coefficient (Wildman–Crippen LogP) is 5.35. The minimum Gasteiger partial charge on any atom is -0.492 e. The van der Waals surface area contributed by atoms with E-state index in [4.69, 9.17) is 4.74 Å². The minimum absolute atomic E-state index is 0.756. The third-order valence-corrected chi connectivity index (χ3v) is 2.69. The van der Waals surface area contributed by atoms with E-state index in [0.29, 0.717) is 0 Å². The van der Waals surface area contributed by atoms with Crippen LogP contribution in [0.1, 0.15) is 58.9 Å². The minimum atomic E-state index is 0.756. The summed E-state index contributed by atoms with van der Waals surface area (Å²) in [6.45, 7) is 10.8. The standard InChI is InChI=1S/C14H18N2O.2C2H6/c1-12-9-14(11-15-10-12)17-8-3-2-5-13-6-4-7-16-13;2*1-2/h4,7,9-11H,2-3,5-6,8H2,1H3;2*1-2H3. The molecule has 0 amide bonds. The molecule has 2 heterocycles. The first kappa shape index (κ1) is 19.4. The molecule has 21 heavy (non-hydrogen) atoms. The van der Waals surface area contributed by atoms with Gasteiger partial charge in [-0.25, -0.2) is 0 Å². The quantitative estimate of drug-likeness (QED) is 0.662. The Labute approximate surface area is 130 Å². The van der Waals surface area contributed by atoms with E-state index in [0.717, 1.165) is 43.6 Å². The van der Waals surface area contributed by atoms with E-state index in [9.17, 15) is 0 Å². The van der Waals surface area contributed by atoms with Gasteiger partial charge in [0.1, 0.15) is 5.75 Å². The Kier molecular flexibility index (Phi) is 12.3. The molecule has 0 N–H and O–H groups in total. The van der Waals surface area contributed by atoms with Crippen LogP contribution in [0.2, 0.25) is 0 Å². The van der Waals surface area contributed by atoms with Gasteiger partial charge >= 0.3 is 0 Å². The summed E-state index contributed by atoms with van der Waals surface area (Å²) in [5.41, 5.74) is 2.43. The highest BCUT2D eigenvalue weighted by Crippen LogP contribution is 2.12. The molecule has 0 unspecified atom stereocenters. The molecule has 0 radical (unpaired) electrons. The lowest BCUT2D eigenvalue weighted by molar-refractivity contribution is 0.306.